The van der Waals surface area contributed by atoms with Crippen molar-refractivity contribution >= 4 is 11.8 Å². The van der Waals surface area contributed by atoms with Gasteiger partial charge in [-0.2, -0.15) is 11.8 Å². The summed E-state index contributed by atoms with van der Waals surface area (Å²) >= 11 is 1.83. The van der Waals surface area contributed by atoms with Crippen molar-refractivity contribution < 1.29 is 5.11 Å². The SMILES string of the molecule is CC(N)CSC1CCCC1O. The maximum Gasteiger partial charge on any atom is 0.0658 e. The van der Waals surface area contributed by atoms with Gasteiger partial charge in [-0.1, -0.05) is 0 Å². The van der Waals surface area contributed by atoms with E-state index in [1.165, 1.54) is 12.8 Å². The third-order valence-corrected chi connectivity index (χ3v) is 3.69. The van der Waals surface area contributed by atoms with Gasteiger partial charge in [-0.15, -0.1) is 0 Å². The Morgan fingerprint density at radius 2 is 2.36 bits per heavy atom. The predicted octanol–water partition coefficient (Wildman–Crippen LogP) is 0.980. The van der Waals surface area contributed by atoms with Gasteiger partial charge in [0.15, 0.2) is 0 Å². The molecule has 3 unspecified atom stereocenters. The quantitative estimate of drug-likeness (QED) is 0.672. The molecule has 3 heteroatoms. The Bertz CT molecular complexity index is 119. The van der Waals surface area contributed by atoms with Crippen LogP contribution in [0.2, 0.25) is 0 Å². The summed E-state index contributed by atoms with van der Waals surface area (Å²) in [5.41, 5.74) is 5.61. The van der Waals surface area contributed by atoms with E-state index in [2.05, 4.69) is 0 Å². The van der Waals surface area contributed by atoms with Crippen LogP contribution in [0.1, 0.15) is 26.2 Å². The molecule has 0 aromatic heterocycles. The molecular weight excluding hydrogens is 158 g/mol. The molecule has 1 saturated carbocycles. The first kappa shape index (κ1) is 9.36. The molecule has 0 spiro atoms. The third kappa shape index (κ3) is 3.01. The van der Waals surface area contributed by atoms with E-state index in [0.29, 0.717) is 5.25 Å². The van der Waals surface area contributed by atoms with E-state index in [0.717, 1.165) is 12.2 Å². The molecule has 0 bridgehead atoms. The molecule has 0 aromatic rings. The standard InChI is InChI=1S/C8H17NOS/c1-6(9)5-11-8-4-2-3-7(8)10/h6-8,10H,2-5,9H2,1H3. The number of hydrogen-bond donors (Lipinski definition) is 2. The van der Waals surface area contributed by atoms with Gasteiger partial charge in [-0.05, 0) is 26.2 Å². The van der Waals surface area contributed by atoms with Crippen LogP contribution in [-0.2, 0) is 0 Å². The molecule has 1 rings (SSSR count). The molecule has 0 amide bonds. The van der Waals surface area contributed by atoms with Gasteiger partial charge in [0, 0.05) is 17.0 Å². The van der Waals surface area contributed by atoms with Crippen molar-refractivity contribution in [1.82, 2.24) is 0 Å². The van der Waals surface area contributed by atoms with Crippen molar-refractivity contribution in [1.29, 1.82) is 0 Å². The maximum absolute atomic E-state index is 9.44. The van der Waals surface area contributed by atoms with Gasteiger partial charge in [0.2, 0.25) is 0 Å². The minimum Gasteiger partial charge on any atom is -0.392 e. The molecule has 0 radical (unpaired) electrons. The second-order valence-electron chi connectivity index (χ2n) is 3.35. The van der Waals surface area contributed by atoms with Crippen molar-refractivity contribution in [2.75, 3.05) is 5.75 Å². The van der Waals surface area contributed by atoms with Crippen LogP contribution in [0.5, 0.6) is 0 Å². The molecule has 11 heavy (non-hydrogen) atoms. The summed E-state index contributed by atoms with van der Waals surface area (Å²) in [6.45, 7) is 2.01. The van der Waals surface area contributed by atoms with E-state index < -0.39 is 0 Å². The number of rotatable bonds is 3. The molecule has 0 aromatic carbocycles. The Kier molecular flexibility index (Phi) is 3.69. The normalized spacial score (nSPS) is 34.1. The Hall–Kier alpha value is 0.270. The maximum atomic E-state index is 9.44. The van der Waals surface area contributed by atoms with Crippen LogP contribution in [0, 0.1) is 0 Å². The minimum absolute atomic E-state index is 0.0706. The first-order valence-corrected chi connectivity index (χ1v) is 5.30. The second kappa shape index (κ2) is 4.33. The van der Waals surface area contributed by atoms with Crippen LogP contribution in [0.4, 0.5) is 0 Å². The zero-order chi connectivity index (χ0) is 8.27. The highest BCUT2D eigenvalue weighted by molar-refractivity contribution is 8.00. The fourth-order valence-corrected chi connectivity index (χ4v) is 2.62. The number of thioether (sulfide) groups is 1. The molecule has 0 aliphatic heterocycles. The minimum atomic E-state index is -0.0706. The number of nitrogens with two attached hydrogens (primary N) is 1. The zero-order valence-corrected chi connectivity index (χ0v) is 7.81. The van der Waals surface area contributed by atoms with Crippen LogP contribution in [0.15, 0.2) is 0 Å². The third-order valence-electron chi connectivity index (χ3n) is 1.99. The Balaban J connectivity index is 2.15. The van der Waals surface area contributed by atoms with Gasteiger partial charge in [-0.3, -0.25) is 0 Å². The van der Waals surface area contributed by atoms with Crippen molar-refractivity contribution in [3.63, 3.8) is 0 Å². The molecule has 1 fully saturated rings. The van der Waals surface area contributed by atoms with Crippen molar-refractivity contribution in [2.24, 2.45) is 5.73 Å². The molecule has 0 heterocycles. The van der Waals surface area contributed by atoms with Crippen LogP contribution in [0.3, 0.4) is 0 Å². The second-order valence-corrected chi connectivity index (χ2v) is 4.62. The smallest absolute Gasteiger partial charge is 0.0658 e. The zero-order valence-electron chi connectivity index (χ0n) is 6.99. The van der Waals surface area contributed by atoms with Crippen molar-refractivity contribution in [3.05, 3.63) is 0 Å². The van der Waals surface area contributed by atoms with E-state index in [-0.39, 0.29) is 12.1 Å². The summed E-state index contributed by atoms with van der Waals surface area (Å²) in [5, 5.41) is 9.90. The van der Waals surface area contributed by atoms with E-state index in [1.54, 1.807) is 0 Å². The van der Waals surface area contributed by atoms with Crippen LogP contribution >= 0.6 is 11.8 Å². The van der Waals surface area contributed by atoms with E-state index in [1.807, 2.05) is 18.7 Å². The van der Waals surface area contributed by atoms with Crippen molar-refractivity contribution in [2.45, 2.75) is 43.6 Å². The highest BCUT2D eigenvalue weighted by Gasteiger charge is 2.25. The molecule has 1 aliphatic rings. The molecule has 66 valence electrons. The lowest BCUT2D eigenvalue weighted by molar-refractivity contribution is 0.188. The highest BCUT2D eigenvalue weighted by atomic mass is 32.2. The lowest BCUT2D eigenvalue weighted by atomic mass is 10.3. The monoisotopic (exact) mass is 175 g/mol. The Morgan fingerprint density at radius 3 is 2.82 bits per heavy atom. The van der Waals surface area contributed by atoms with Crippen LogP contribution < -0.4 is 5.73 Å². The van der Waals surface area contributed by atoms with E-state index in [9.17, 15) is 5.11 Å². The average Bonchev–Trinajstić information content (AvgIpc) is 2.31. The molecule has 3 N–H and O–H groups in total. The summed E-state index contributed by atoms with van der Waals surface area (Å²) in [6.07, 6.45) is 3.26. The molecular formula is C8H17NOS. The van der Waals surface area contributed by atoms with Gasteiger partial charge in [0.05, 0.1) is 6.10 Å². The van der Waals surface area contributed by atoms with Crippen LogP contribution in [-0.4, -0.2) is 28.3 Å². The molecule has 0 saturated heterocycles. The number of aliphatic hydroxyl groups is 1. The Labute approximate surface area is 72.5 Å². The van der Waals surface area contributed by atoms with Crippen molar-refractivity contribution in [3.8, 4) is 0 Å². The summed E-state index contributed by atoms with van der Waals surface area (Å²) < 4.78 is 0. The van der Waals surface area contributed by atoms with E-state index in [4.69, 9.17) is 5.73 Å². The summed E-state index contributed by atoms with van der Waals surface area (Å²) in [5.74, 6) is 0.974. The van der Waals surface area contributed by atoms with Crippen LogP contribution in [0.25, 0.3) is 0 Å². The highest BCUT2D eigenvalue weighted by Crippen LogP contribution is 2.29. The first-order chi connectivity index (χ1) is 5.20. The van der Waals surface area contributed by atoms with Gasteiger partial charge in [0.25, 0.3) is 0 Å². The fourth-order valence-electron chi connectivity index (χ4n) is 1.38. The predicted molar refractivity (Wildman–Crippen MR) is 49.8 cm³/mol. The number of aliphatic hydroxyl groups excluding tert-OH is 1. The molecule has 2 nitrogen and oxygen atoms in total. The van der Waals surface area contributed by atoms with E-state index >= 15 is 0 Å². The summed E-state index contributed by atoms with van der Waals surface area (Å²) in [7, 11) is 0. The molecule has 1 aliphatic carbocycles. The van der Waals surface area contributed by atoms with Gasteiger partial charge in [0.1, 0.15) is 0 Å². The molecule has 3 atom stereocenters. The van der Waals surface area contributed by atoms with Gasteiger partial charge >= 0.3 is 0 Å². The van der Waals surface area contributed by atoms with Gasteiger partial charge in [-0.25, -0.2) is 0 Å². The summed E-state index contributed by atoms with van der Waals surface area (Å²) in [6, 6.07) is 0.257. The first-order valence-electron chi connectivity index (χ1n) is 4.25. The average molecular weight is 175 g/mol. The Morgan fingerprint density at radius 1 is 1.64 bits per heavy atom. The lowest BCUT2D eigenvalue weighted by Crippen LogP contribution is -2.22. The number of hydrogen-bond acceptors (Lipinski definition) is 3. The lowest BCUT2D eigenvalue weighted by Gasteiger charge is -2.14. The fraction of sp³-hybridized carbons (Fsp3) is 1.00. The topological polar surface area (TPSA) is 46.2 Å². The largest absolute Gasteiger partial charge is 0.392 e. The van der Waals surface area contributed by atoms with Gasteiger partial charge < -0.3 is 10.8 Å². The summed E-state index contributed by atoms with van der Waals surface area (Å²) in [4.78, 5) is 0.